The molecule has 0 aliphatic heterocycles. The molecule has 9 nitrogen and oxygen atoms in total. The summed E-state index contributed by atoms with van der Waals surface area (Å²) in [4.78, 5) is 24.3. The summed E-state index contributed by atoms with van der Waals surface area (Å²) in [6.45, 7) is 9.04. The van der Waals surface area contributed by atoms with Crippen LogP contribution in [0, 0.1) is 27.7 Å². The van der Waals surface area contributed by atoms with Crippen molar-refractivity contribution in [3.05, 3.63) is 113 Å². The second-order valence-electron chi connectivity index (χ2n) is 10.2. The molecule has 1 heterocycles. The number of sulfonamides is 1. The Balaban J connectivity index is 1.53. The first-order valence-corrected chi connectivity index (χ1v) is 14.9. The highest BCUT2D eigenvalue weighted by Gasteiger charge is 2.27. The van der Waals surface area contributed by atoms with Crippen molar-refractivity contribution in [1.82, 2.24) is 14.3 Å². The number of anilines is 1. The van der Waals surface area contributed by atoms with Gasteiger partial charge >= 0.3 is 0 Å². The third-order valence-corrected chi connectivity index (χ3v) is 8.61. The van der Waals surface area contributed by atoms with Gasteiger partial charge in [-0.25, -0.2) is 13.8 Å². The molecule has 0 radical (unpaired) electrons. The molecule has 0 aliphatic carbocycles. The summed E-state index contributed by atoms with van der Waals surface area (Å²) in [5.41, 5.74) is 9.90. The van der Waals surface area contributed by atoms with Gasteiger partial charge in [0.05, 0.1) is 17.7 Å². The minimum Gasteiger partial charge on any atom is -0.326 e. The highest BCUT2D eigenvalue weighted by atomic mass is 32.2. The number of hydrogen-bond acceptors (Lipinski definition) is 5. The average Bonchev–Trinajstić information content (AvgIpc) is 3.22. The van der Waals surface area contributed by atoms with Gasteiger partial charge < -0.3 is 9.88 Å². The quantitative estimate of drug-likeness (QED) is 0.201. The number of benzene rings is 3. The number of amides is 2. The Morgan fingerprint density at radius 3 is 2.29 bits per heavy atom. The van der Waals surface area contributed by atoms with E-state index in [1.165, 1.54) is 31.2 Å². The lowest BCUT2D eigenvalue weighted by Crippen LogP contribution is -2.39. The Morgan fingerprint density at radius 1 is 0.929 bits per heavy atom. The van der Waals surface area contributed by atoms with Gasteiger partial charge in [-0.15, -0.1) is 0 Å². The summed E-state index contributed by atoms with van der Waals surface area (Å²) < 4.78 is 30.4. The van der Waals surface area contributed by atoms with E-state index in [1.807, 2.05) is 26.0 Å². The van der Waals surface area contributed by atoms with Crippen LogP contribution < -0.4 is 10.7 Å². The van der Waals surface area contributed by atoms with Crippen LogP contribution in [0.2, 0.25) is 0 Å². The molecule has 0 saturated carbocycles. The predicted molar refractivity (Wildman–Crippen MR) is 165 cm³/mol. The maximum Gasteiger partial charge on any atom is 0.255 e. The van der Waals surface area contributed by atoms with Crippen LogP contribution in [0.5, 0.6) is 0 Å². The summed E-state index contributed by atoms with van der Waals surface area (Å²) in [5.74, 6) is -0.843. The first-order chi connectivity index (χ1) is 20.0. The molecule has 3 aromatic carbocycles. The number of hydrazone groups is 1. The molecule has 42 heavy (non-hydrogen) atoms. The first kappa shape index (κ1) is 30.4. The molecule has 2 amide bonds. The molecule has 10 heteroatoms. The first-order valence-electron chi connectivity index (χ1n) is 13.5. The number of hydrogen-bond donors (Lipinski definition) is 2. The van der Waals surface area contributed by atoms with Gasteiger partial charge in [-0.2, -0.15) is 9.41 Å². The molecule has 0 unspecified atom stereocenters. The smallest absolute Gasteiger partial charge is 0.255 e. The second-order valence-corrected chi connectivity index (χ2v) is 12.1. The third kappa shape index (κ3) is 7.20. The molecule has 218 valence electrons. The summed E-state index contributed by atoms with van der Waals surface area (Å²) in [7, 11) is -4.06. The Kier molecular flexibility index (Phi) is 9.39. The number of carbonyl (C=O) groups excluding carboxylic acids is 2. The van der Waals surface area contributed by atoms with Gasteiger partial charge in [-0.05, 0) is 80.8 Å². The van der Waals surface area contributed by atoms with Crippen molar-refractivity contribution in [2.75, 3.05) is 11.9 Å². The van der Waals surface area contributed by atoms with Crippen molar-refractivity contribution >= 4 is 33.7 Å². The van der Waals surface area contributed by atoms with Crippen molar-refractivity contribution in [2.24, 2.45) is 5.10 Å². The van der Waals surface area contributed by atoms with Gasteiger partial charge in [0, 0.05) is 41.8 Å². The van der Waals surface area contributed by atoms with Crippen LogP contribution in [0.1, 0.15) is 40.6 Å². The van der Waals surface area contributed by atoms with Crippen LogP contribution >= 0.6 is 0 Å². The standard InChI is InChI=1S/C32H35N5O4S/c1-22-11-12-23(2)31(17-22)37-24(3)18-28(25(37)4)19-33-35-32(39)21-36(20-27-9-7-6-8-10-27)42(40,41)30-15-13-29(14-16-30)34-26(5)38/h6-19H,20-21H2,1-5H3,(H,34,38)(H,35,39)/b33-19+. The highest BCUT2D eigenvalue weighted by Crippen LogP contribution is 2.24. The summed E-state index contributed by atoms with van der Waals surface area (Å²) >= 11 is 0. The molecule has 0 aliphatic rings. The lowest BCUT2D eigenvalue weighted by atomic mass is 10.1. The Morgan fingerprint density at radius 2 is 1.62 bits per heavy atom. The number of nitrogens with one attached hydrogen (secondary N) is 2. The zero-order valence-corrected chi connectivity index (χ0v) is 25.2. The SMILES string of the molecule is CC(=O)Nc1ccc(S(=O)(=O)N(CC(=O)N/N=C/c2cc(C)n(-c3cc(C)ccc3C)c2C)Cc2ccccc2)cc1. The molecule has 0 spiro atoms. The zero-order valence-electron chi connectivity index (χ0n) is 24.4. The average molecular weight is 586 g/mol. The largest absolute Gasteiger partial charge is 0.326 e. The number of aromatic nitrogens is 1. The van der Waals surface area contributed by atoms with E-state index in [9.17, 15) is 18.0 Å². The van der Waals surface area contributed by atoms with E-state index in [0.29, 0.717) is 5.69 Å². The van der Waals surface area contributed by atoms with E-state index >= 15 is 0 Å². The van der Waals surface area contributed by atoms with Crippen LogP contribution in [0.3, 0.4) is 0 Å². The molecule has 4 aromatic rings. The Bertz CT molecular complexity index is 1730. The minimum absolute atomic E-state index is 0.00252. The van der Waals surface area contributed by atoms with Crippen LogP contribution in [0.25, 0.3) is 5.69 Å². The maximum atomic E-state index is 13.6. The lowest BCUT2D eigenvalue weighted by molar-refractivity contribution is -0.121. The Hall–Kier alpha value is -4.54. The Labute approximate surface area is 246 Å². The normalized spacial score (nSPS) is 11.7. The van der Waals surface area contributed by atoms with Crippen molar-refractivity contribution in [3.8, 4) is 5.69 Å². The molecule has 2 N–H and O–H groups in total. The fourth-order valence-electron chi connectivity index (χ4n) is 4.69. The minimum atomic E-state index is -4.06. The number of nitrogens with zero attached hydrogens (tertiary/aromatic N) is 3. The van der Waals surface area contributed by atoms with E-state index in [1.54, 1.807) is 30.5 Å². The summed E-state index contributed by atoms with van der Waals surface area (Å²) in [6, 6.07) is 23.1. The van der Waals surface area contributed by atoms with E-state index in [-0.39, 0.29) is 17.3 Å². The number of aryl methyl sites for hydroxylation is 3. The van der Waals surface area contributed by atoms with E-state index in [2.05, 4.69) is 52.5 Å². The van der Waals surface area contributed by atoms with Gasteiger partial charge in [0.2, 0.25) is 15.9 Å². The number of rotatable bonds is 10. The van der Waals surface area contributed by atoms with Crippen LogP contribution in [0.15, 0.2) is 88.9 Å². The topological polar surface area (TPSA) is 113 Å². The summed E-state index contributed by atoms with van der Waals surface area (Å²) in [5, 5.41) is 6.76. The molecule has 4 rings (SSSR count). The lowest BCUT2D eigenvalue weighted by Gasteiger charge is -2.21. The van der Waals surface area contributed by atoms with Crippen LogP contribution in [-0.4, -0.2) is 41.9 Å². The van der Waals surface area contributed by atoms with Gasteiger partial charge in [0.1, 0.15) is 0 Å². The molecular formula is C32H35N5O4S. The van der Waals surface area contributed by atoms with E-state index < -0.39 is 22.5 Å². The van der Waals surface area contributed by atoms with Crippen molar-refractivity contribution in [1.29, 1.82) is 0 Å². The molecule has 0 fully saturated rings. The van der Waals surface area contributed by atoms with Crippen molar-refractivity contribution < 1.29 is 18.0 Å². The second kappa shape index (κ2) is 13.0. The highest BCUT2D eigenvalue weighted by molar-refractivity contribution is 7.89. The van der Waals surface area contributed by atoms with Crippen LogP contribution in [0.4, 0.5) is 5.69 Å². The van der Waals surface area contributed by atoms with Crippen molar-refractivity contribution in [2.45, 2.75) is 46.1 Å². The van der Waals surface area contributed by atoms with E-state index in [0.717, 1.165) is 43.6 Å². The van der Waals surface area contributed by atoms with Crippen molar-refractivity contribution in [3.63, 3.8) is 0 Å². The fourth-order valence-corrected chi connectivity index (χ4v) is 6.08. The number of carbonyl (C=O) groups is 2. The summed E-state index contributed by atoms with van der Waals surface area (Å²) in [6.07, 6.45) is 1.57. The molecule has 0 bridgehead atoms. The molecule has 0 saturated heterocycles. The van der Waals surface area contributed by atoms with Gasteiger partial charge in [0.25, 0.3) is 5.91 Å². The molecule has 1 aromatic heterocycles. The third-order valence-electron chi connectivity index (χ3n) is 6.80. The van der Waals surface area contributed by atoms with E-state index in [4.69, 9.17) is 0 Å². The zero-order chi connectivity index (χ0) is 30.4. The maximum absolute atomic E-state index is 13.6. The monoisotopic (exact) mass is 585 g/mol. The fraction of sp³-hybridized carbons (Fsp3) is 0.219. The van der Waals surface area contributed by atoms with Gasteiger partial charge in [-0.3, -0.25) is 9.59 Å². The molecule has 0 atom stereocenters. The predicted octanol–water partition coefficient (Wildman–Crippen LogP) is 5.01. The van der Waals surface area contributed by atoms with Crippen LogP contribution in [-0.2, 0) is 26.2 Å². The van der Waals surface area contributed by atoms with Gasteiger partial charge in [-0.1, -0.05) is 42.5 Å². The van der Waals surface area contributed by atoms with Gasteiger partial charge in [0.15, 0.2) is 0 Å². The molecular weight excluding hydrogens is 550 g/mol.